The van der Waals surface area contributed by atoms with E-state index in [1.54, 1.807) is 24.3 Å². The molecule has 84 valence electrons. The molecule has 17 heavy (non-hydrogen) atoms. The van der Waals surface area contributed by atoms with E-state index < -0.39 is 23.3 Å². The quantitative estimate of drug-likeness (QED) is 0.700. The van der Waals surface area contributed by atoms with Gasteiger partial charge < -0.3 is 4.42 Å². The molecule has 1 aliphatic carbocycles. The second kappa shape index (κ2) is 3.13. The Balaban J connectivity index is 2.32. The van der Waals surface area contributed by atoms with Crippen LogP contribution in [0.25, 0.3) is 11.0 Å². The molecule has 0 saturated carbocycles. The number of para-hydroxylation sites is 1. The smallest absolute Gasteiger partial charge is 0.217 e. The van der Waals surface area contributed by atoms with Crippen LogP contribution in [-0.4, -0.2) is 17.3 Å². The van der Waals surface area contributed by atoms with Crippen molar-refractivity contribution in [2.24, 2.45) is 5.92 Å². The largest absolute Gasteiger partial charge is 0.452 e. The van der Waals surface area contributed by atoms with Crippen LogP contribution >= 0.6 is 0 Å². The summed E-state index contributed by atoms with van der Waals surface area (Å²) in [5, 5.41) is 0.601. The van der Waals surface area contributed by atoms with E-state index in [-0.39, 0.29) is 11.3 Å². The zero-order valence-corrected chi connectivity index (χ0v) is 9.02. The second-order valence-corrected chi connectivity index (χ2v) is 4.07. The third-order valence-corrected chi connectivity index (χ3v) is 3.00. The van der Waals surface area contributed by atoms with E-state index >= 15 is 0 Å². The summed E-state index contributed by atoms with van der Waals surface area (Å²) in [6, 6.07) is 6.93. The molecule has 1 atom stereocenters. The highest BCUT2D eigenvalue weighted by atomic mass is 16.3. The minimum absolute atomic E-state index is 0.0244. The molecular formula is C13H8O4. The van der Waals surface area contributed by atoms with Gasteiger partial charge in [-0.1, -0.05) is 18.2 Å². The van der Waals surface area contributed by atoms with Gasteiger partial charge in [-0.05, 0) is 13.0 Å². The third-order valence-electron chi connectivity index (χ3n) is 3.00. The summed E-state index contributed by atoms with van der Waals surface area (Å²) in [5.74, 6) is -2.57. The number of hydrogen-bond donors (Lipinski definition) is 0. The maximum atomic E-state index is 12.0. The fourth-order valence-corrected chi connectivity index (χ4v) is 2.23. The SMILES string of the molecule is CC(=O)C1C(=O)c2oc3ccccc3c2C1=O. The maximum absolute atomic E-state index is 12.0. The summed E-state index contributed by atoms with van der Waals surface area (Å²) in [6.45, 7) is 1.24. The molecule has 1 aromatic heterocycles. The van der Waals surface area contributed by atoms with Crippen LogP contribution in [0, 0.1) is 5.92 Å². The van der Waals surface area contributed by atoms with Gasteiger partial charge >= 0.3 is 0 Å². The normalized spacial score (nSPS) is 18.8. The van der Waals surface area contributed by atoms with Gasteiger partial charge in [-0.3, -0.25) is 14.4 Å². The highest BCUT2D eigenvalue weighted by Crippen LogP contribution is 2.35. The van der Waals surface area contributed by atoms with E-state index in [1.165, 1.54) is 6.92 Å². The zero-order chi connectivity index (χ0) is 12.2. The highest BCUT2D eigenvalue weighted by molar-refractivity contribution is 6.37. The van der Waals surface area contributed by atoms with Crippen LogP contribution in [0.3, 0.4) is 0 Å². The molecule has 0 bridgehead atoms. The van der Waals surface area contributed by atoms with Crippen LogP contribution in [0.1, 0.15) is 27.8 Å². The van der Waals surface area contributed by atoms with Crippen molar-refractivity contribution in [3.05, 3.63) is 35.6 Å². The molecule has 4 nitrogen and oxygen atoms in total. The Morgan fingerprint density at radius 2 is 1.88 bits per heavy atom. The molecule has 0 N–H and O–H groups in total. The van der Waals surface area contributed by atoms with E-state index in [1.807, 2.05) is 0 Å². The Morgan fingerprint density at radius 3 is 2.59 bits per heavy atom. The summed E-state index contributed by atoms with van der Waals surface area (Å²) >= 11 is 0. The molecule has 1 unspecified atom stereocenters. The molecule has 3 rings (SSSR count). The lowest BCUT2D eigenvalue weighted by molar-refractivity contribution is -0.118. The van der Waals surface area contributed by atoms with Gasteiger partial charge in [0.25, 0.3) is 0 Å². The Bertz CT molecular complexity index is 678. The van der Waals surface area contributed by atoms with Gasteiger partial charge in [0.1, 0.15) is 17.3 Å². The third kappa shape index (κ3) is 1.15. The molecule has 0 aliphatic heterocycles. The molecule has 0 spiro atoms. The number of benzene rings is 1. The van der Waals surface area contributed by atoms with Gasteiger partial charge in [0.05, 0.1) is 5.56 Å². The molecule has 2 aromatic rings. The number of furan rings is 1. The Labute approximate surface area is 96.2 Å². The predicted molar refractivity (Wildman–Crippen MR) is 59.0 cm³/mol. The van der Waals surface area contributed by atoms with Crippen molar-refractivity contribution in [3.8, 4) is 0 Å². The molecule has 4 heteroatoms. The number of Topliss-reactive ketones (excluding diaryl/α,β-unsaturated/α-hetero) is 3. The number of carbonyl (C=O) groups is 3. The van der Waals surface area contributed by atoms with Gasteiger partial charge in [0.2, 0.25) is 5.78 Å². The molecule has 1 aliphatic rings. The van der Waals surface area contributed by atoms with Crippen molar-refractivity contribution >= 4 is 28.3 Å². The number of ketones is 3. The lowest BCUT2D eigenvalue weighted by atomic mass is 9.99. The number of carbonyl (C=O) groups excluding carboxylic acids is 3. The minimum Gasteiger partial charge on any atom is -0.452 e. The lowest BCUT2D eigenvalue weighted by Gasteiger charge is -2.00. The summed E-state index contributed by atoms with van der Waals surface area (Å²) in [4.78, 5) is 35.2. The van der Waals surface area contributed by atoms with Crippen molar-refractivity contribution in [1.82, 2.24) is 0 Å². The first-order valence-electron chi connectivity index (χ1n) is 5.21. The van der Waals surface area contributed by atoms with Crippen molar-refractivity contribution in [1.29, 1.82) is 0 Å². The van der Waals surface area contributed by atoms with Crippen LogP contribution in [0.4, 0.5) is 0 Å². The number of rotatable bonds is 1. The summed E-state index contributed by atoms with van der Waals surface area (Å²) < 4.78 is 5.35. The molecule has 0 amide bonds. The maximum Gasteiger partial charge on any atom is 0.217 e. The average molecular weight is 228 g/mol. The van der Waals surface area contributed by atoms with E-state index in [9.17, 15) is 14.4 Å². The summed E-state index contributed by atoms with van der Waals surface area (Å²) in [7, 11) is 0. The van der Waals surface area contributed by atoms with E-state index in [0.29, 0.717) is 11.0 Å². The van der Waals surface area contributed by atoms with Gasteiger partial charge in [-0.2, -0.15) is 0 Å². The predicted octanol–water partition coefficient (Wildman–Crippen LogP) is 2.02. The minimum atomic E-state index is -1.20. The zero-order valence-electron chi connectivity index (χ0n) is 9.02. The fraction of sp³-hybridized carbons (Fsp3) is 0.154. The van der Waals surface area contributed by atoms with Gasteiger partial charge in [0, 0.05) is 5.39 Å². The van der Waals surface area contributed by atoms with Crippen molar-refractivity contribution in [3.63, 3.8) is 0 Å². The molecular weight excluding hydrogens is 220 g/mol. The van der Waals surface area contributed by atoms with Crippen molar-refractivity contribution in [2.45, 2.75) is 6.92 Å². The van der Waals surface area contributed by atoms with Crippen LogP contribution in [0.2, 0.25) is 0 Å². The molecule has 1 aromatic carbocycles. The Hall–Kier alpha value is -2.23. The Kier molecular flexibility index (Phi) is 1.84. The summed E-state index contributed by atoms with van der Waals surface area (Å²) in [5.41, 5.74) is 0.756. The topological polar surface area (TPSA) is 64.3 Å². The number of hydrogen-bond acceptors (Lipinski definition) is 4. The summed E-state index contributed by atoms with van der Waals surface area (Å²) in [6.07, 6.45) is 0. The van der Waals surface area contributed by atoms with Crippen molar-refractivity contribution in [2.75, 3.05) is 0 Å². The average Bonchev–Trinajstić information content (AvgIpc) is 2.76. The first-order chi connectivity index (χ1) is 8.11. The molecule has 0 fully saturated rings. The molecule has 1 heterocycles. The van der Waals surface area contributed by atoms with Crippen molar-refractivity contribution < 1.29 is 18.8 Å². The first kappa shape index (κ1) is 9.96. The second-order valence-electron chi connectivity index (χ2n) is 4.07. The van der Waals surface area contributed by atoms with Crippen LogP contribution in [0.5, 0.6) is 0 Å². The molecule has 0 radical (unpaired) electrons. The van der Waals surface area contributed by atoms with Gasteiger partial charge in [-0.25, -0.2) is 0 Å². The van der Waals surface area contributed by atoms with E-state index in [4.69, 9.17) is 4.42 Å². The van der Waals surface area contributed by atoms with Crippen LogP contribution in [0.15, 0.2) is 28.7 Å². The number of fused-ring (bicyclic) bond motifs is 3. The van der Waals surface area contributed by atoms with Crippen LogP contribution < -0.4 is 0 Å². The standard InChI is InChI=1S/C13H8O4/c1-6(14)9-11(15)10-7-4-2-3-5-8(7)17-13(10)12(9)16/h2-5,9H,1H3. The first-order valence-corrected chi connectivity index (χ1v) is 5.21. The van der Waals surface area contributed by atoms with Gasteiger partial charge in [0.15, 0.2) is 11.5 Å². The Morgan fingerprint density at radius 1 is 1.18 bits per heavy atom. The van der Waals surface area contributed by atoms with E-state index in [2.05, 4.69) is 0 Å². The van der Waals surface area contributed by atoms with Gasteiger partial charge in [-0.15, -0.1) is 0 Å². The fourth-order valence-electron chi connectivity index (χ4n) is 2.23. The van der Waals surface area contributed by atoms with Crippen LogP contribution in [-0.2, 0) is 4.79 Å². The molecule has 0 saturated heterocycles. The lowest BCUT2D eigenvalue weighted by Crippen LogP contribution is -2.23. The highest BCUT2D eigenvalue weighted by Gasteiger charge is 2.45. The monoisotopic (exact) mass is 228 g/mol. The van der Waals surface area contributed by atoms with E-state index in [0.717, 1.165) is 0 Å².